The third kappa shape index (κ3) is 5.54. The van der Waals surface area contributed by atoms with Crippen molar-refractivity contribution >= 4 is 55.7 Å². The maximum absolute atomic E-state index is 12.2. The number of amides is 1. The van der Waals surface area contributed by atoms with E-state index >= 15 is 0 Å². The second-order valence-corrected chi connectivity index (χ2v) is 10.3. The first-order valence-corrected chi connectivity index (χ1v) is 12.6. The van der Waals surface area contributed by atoms with Crippen LogP contribution < -0.4 is 0 Å². The highest BCUT2D eigenvalue weighted by atomic mass is 32.2. The Morgan fingerprint density at radius 2 is 1.93 bits per heavy atom. The van der Waals surface area contributed by atoms with E-state index in [1.54, 1.807) is 47.4 Å². The SMILES string of the molecule is CC[N+]1=C(SC)S/C(=C2\SCCN2C)C1=O.Cc1ccc(S(=O)(=O)[O-])cc1. The molecule has 0 atom stereocenters. The molecule has 10 heteroatoms. The topological polar surface area (TPSA) is 80.5 Å². The molecule has 2 aliphatic heterocycles. The van der Waals surface area contributed by atoms with Crippen LogP contribution in [0.3, 0.4) is 0 Å². The molecule has 6 nitrogen and oxygen atoms in total. The van der Waals surface area contributed by atoms with Gasteiger partial charge in [-0.05, 0) is 32.2 Å². The smallest absolute Gasteiger partial charge is 0.430 e. The summed E-state index contributed by atoms with van der Waals surface area (Å²) in [5.74, 6) is 1.26. The molecule has 0 N–H and O–H groups in total. The van der Waals surface area contributed by atoms with E-state index in [2.05, 4.69) is 11.9 Å². The van der Waals surface area contributed by atoms with Crippen LogP contribution >= 0.6 is 35.3 Å². The molecular weight excluding hydrogens is 424 g/mol. The summed E-state index contributed by atoms with van der Waals surface area (Å²) < 4.78 is 34.1. The highest BCUT2D eigenvalue weighted by Gasteiger charge is 2.40. The quantitative estimate of drug-likeness (QED) is 0.390. The van der Waals surface area contributed by atoms with Gasteiger partial charge in [0, 0.05) is 31.1 Å². The number of hydrogen-bond acceptors (Lipinski definition) is 8. The molecule has 0 bridgehead atoms. The molecule has 1 fully saturated rings. The second-order valence-electron chi connectivity index (χ2n) is 5.79. The zero-order valence-electron chi connectivity index (χ0n) is 15.6. The molecule has 2 aliphatic rings. The van der Waals surface area contributed by atoms with Crippen LogP contribution in [-0.4, -0.2) is 64.9 Å². The van der Waals surface area contributed by atoms with Crippen LogP contribution in [0, 0.1) is 6.92 Å². The zero-order chi connectivity index (χ0) is 20.2. The van der Waals surface area contributed by atoms with Gasteiger partial charge in [-0.3, -0.25) is 0 Å². The molecule has 0 unspecified atom stereocenters. The first-order chi connectivity index (χ1) is 12.7. The highest BCUT2D eigenvalue weighted by Crippen LogP contribution is 2.40. The summed E-state index contributed by atoms with van der Waals surface area (Å²) in [6.45, 7) is 5.64. The molecule has 1 aromatic rings. The Hall–Kier alpha value is -0.940. The lowest BCUT2D eigenvalue weighted by Gasteiger charge is -2.11. The molecule has 0 saturated carbocycles. The Morgan fingerprint density at radius 1 is 1.30 bits per heavy atom. The van der Waals surface area contributed by atoms with Gasteiger partial charge in [0.1, 0.15) is 10.1 Å². The molecule has 0 aliphatic carbocycles. The fourth-order valence-electron chi connectivity index (χ4n) is 2.39. The van der Waals surface area contributed by atoms with Crippen molar-refractivity contribution in [2.75, 3.05) is 32.1 Å². The fourth-order valence-corrected chi connectivity index (χ4v) is 6.20. The Balaban J connectivity index is 0.000000208. The highest BCUT2D eigenvalue weighted by molar-refractivity contribution is 8.40. The summed E-state index contributed by atoms with van der Waals surface area (Å²) in [5.41, 5.74) is 0.928. The summed E-state index contributed by atoms with van der Waals surface area (Å²) in [5, 5.41) is 1.15. The van der Waals surface area contributed by atoms with Crippen LogP contribution in [0.25, 0.3) is 0 Å². The standard InChI is InChI=1S/C10H15N2OS3.C7H8O3S/c1-4-12-8(13)7(16-10(12)14-3)9-11(2)5-6-15-9;1-6-2-4-7(5-3-6)11(8,9)10/h4-6H2,1-3H3;2-5H,1H3,(H,8,9,10)/q+1;/p-1/b9-7-;. The molecule has 1 aromatic carbocycles. The van der Waals surface area contributed by atoms with E-state index in [0.717, 1.165) is 38.7 Å². The lowest BCUT2D eigenvalue weighted by atomic mass is 10.2. The minimum absolute atomic E-state index is 0.174. The number of hydrogen-bond donors (Lipinski definition) is 0. The molecule has 0 aromatic heterocycles. The number of thioether (sulfide) groups is 3. The third-order valence-corrected chi connectivity index (χ3v) is 8.30. The number of rotatable bonds is 2. The molecule has 3 rings (SSSR count). The van der Waals surface area contributed by atoms with E-state index in [1.807, 2.05) is 24.7 Å². The van der Waals surface area contributed by atoms with Crippen LogP contribution in [0.5, 0.6) is 0 Å². The molecular formula is C17H22N2O4S4. The van der Waals surface area contributed by atoms with Crippen molar-refractivity contribution in [2.24, 2.45) is 0 Å². The van der Waals surface area contributed by atoms with Gasteiger partial charge in [-0.1, -0.05) is 29.5 Å². The third-order valence-electron chi connectivity index (χ3n) is 3.86. The minimum Gasteiger partial charge on any atom is -0.744 e. The van der Waals surface area contributed by atoms with Gasteiger partial charge in [-0.25, -0.2) is 13.2 Å². The fraction of sp³-hybridized carbons (Fsp3) is 0.412. The van der Waals surface area contributed by atoms with Crippen LogP contribution in [0.4, 0.5) is 0 Å². The number of likely N-dealkylation sites (N-methyl/N-ethyl adjacent to an activating group) is 1. The molecule has 0 radical (unpaired) electrons. The molecule has 2 heterocycles. The number of aryl methyl sites for hydroxylation is 1. The van der Waals surface area contributed by atoms with Crippen molar-refractivity contribution in [2.45, 2.75) is 18.7 Å². The molecule has 0 spiro atoms. The summed E-state index contributed by atoms with van der Waals surface area (Å²) in [7, 11) is -2.21. The van der Waals surface area contributed by atoms with Crippen LogP contribution in [0.2, 0.25) is 0 Å². The normalized spacial score (nSPS) is 20.2. The van der Waals surface area contributed by atoms with E-state index in [1.165, 1.54) is 12.1 Å². The van der Waals surface area contributed by atoms with Gasteiger partial charge in [-0.15, -0.1) is 16.3 Å². The molecule has 27 heavy (non-hydrogen) atoms. The predicted molar refractivity (Wildman–Crippen MR) is 113 cm³/mol. The Kier molecular flexibility index (Phi) is 7.87. The molecule has 148 valence electrons. The summed E-state index contributed by atoms with van der Waals surface area (Å²) in [6.07, 6.45) is 2.03. The second kappa shape index (κ2) is 9.51. The number of carbonyl (C=O) groups excluding carboxylic acids is 1. The van der Waals surface area contributed by atoms with Gasteiger partial charge in [0.25, 0.3) is 4.38 Å². The van der Waals surface area contributed by atoms with Gasteiger partial charge in [0.05, 0.1) is 9.92 Å². The Morgan fingerprint density at radius 3 is 2.33 bits per heavy atom. The first-order valence-electron chi connectivity index (χ1n) is 8.20. The van der Waals surface area contributed by atoms with Crippen LogP contribution in [-0.2, 0) is 14.9 Å². The monoisotopic (exact) mass is 446 g/mol. The maximum atomic E-state index is 12.2. The van der Waals surface area contributed by atoms with Crippen molar-refractivity contribution in [3.05, 3.63) is 39.8 Å². The van der Waals surface area contributed by atoms with Crippen molar-refractivity contribution in [1.29, 1.82) is 0 Å². The van der Waals surface area contributed by atoms with E-state index in [4.69, 9.17) is 0 Å². The largest absolute Gasteiger partial charge is 0.744 e. The number of benzene rings is 1. The van der Waals surface area contributed by atoms with Crippen molar-refractivity contribution in [3.8, 4) is 0 Å². The average molecular weight is 447 g/mol. The van der Waals surface area contributed by atoms with Crippen molar-refractivity contribution in [3.63, 3.8) is 0 Å². The van der Waals surface area contributed by atoms with E-state index in [-0.39, 0.29) is 10.8 Å². The summed E-state index contributed by atoms with van der Waals surface area (Å²) in [6, 6.07) is 5.78. The van der Waals surface area contributed by atoms with Gasteiger partial charge >= 0.3 is 5.91 Å². The van der Waals surface area contributed by atoms with Gasteiger partial charge < -0.3 is 9.45 Å². The summed E-state index contributed by atoms with van der Waals surface area (Å²) in [4.78, 5) is 15.1. The zero-order valence-corrected chi connectivity index (χ0v) is 18.9. The summed E-state index contributed by atoms with van der Waals surface area (Å²) >= 11 is 5.07. The number of carbonyl (C=O) groups is 1. The van der Waals surface area contributed by atoms with Crippen molar-refractivity contribution < 1.29 is 22.3 Å². The predicted octanol–water partition coefficient (Wildman–Crippen LogP) is 2.76. The lowest BCUT2D eigenvalue weighted by molar-refractivity contribution is -0.433. The van der Waals surface area contributed by atoms with E-state index in [9.17, 15) is 17.8 Å². The van der Waals surface area contributed by atoms with Gasteiger partial charge in [0.15, 0.2) is 11.4 Å². The first kappa shape index (κ1) is 22.4. The van der Waals surface area contributed by atoms with E-state index < -0.39 is 10.1 Å². The lowest BCUT2D eigenvalue weighted by Crippen LogP contribution is -2.20. The Bertz CT molecular complexity index is 877. The van der Waals surface area contributed by atoms with Gasteiger partial charge in [0.2, 0.25) is 0 Å². The molecule has 1 amide bonds. The van der Waals surface area contributed by atoms with Crippen molar-refractivity contribution in [1.82, 2.24) is 4.90 Å². The maximum Gasteiger partial charge on any atom is 0.430 e. The Labute approximate surface area is 173 Å². The minimum atomic E-state index is -4.27. The molecule has 1 saturated heterocycles. The number of nitrogens with zero attached hydrogens (tertiary/aromatic N) is 2. The van der Waals surface area contributed by atoms with Gasteiger partial charge in [-0.2, -0.15) is 0 Å². The van der Waals surface area contributed by atoms with E-state index in [0.29, 0.717) is 0 Å². The van der Waals surface area contributed by atoms with Crippen LogP contribution in [0.15, 0.2) is 39.1 Å². The van der Waals surface area contributed by atoms with Crippen LogP contribution in [0.1, 0.15) is 12.5 Å². The average Bonchev–Trinajstić information content (AvgIpc) is 3.17.